The number of hydrogen-bond acceptors (Lipinski definition) is 5. The number of esters is 1. The molecule has 0 spiro atoms. The van der Waals surface area contributed by atoms with Gasteiger partial charge in [-0.25, -0.2) is 0 Å². The van der Waals surface area contributed by atoms with Crippen LogP contribution in [0, 0.1) is 5.92 Å². The van der Waals surface area contributed by atoms with Crippen molar-refractivity contribution in [1.29, 1.82) is 0 Å². The van der Waals surface area contributed by atoms with E-state index in [-0.39, 0.29) is 35.4 Å². The summed E-state index contributed by atoms with van der Waals surface area (Å²) in [6, 6.07) is 4.47. The average molecular weight is 548 g/mol. The molecular weight excluding hydrogens is 498 g/mol. The molecule has 0 aliphatic heterocycles. The Kier molecular flexibility index (Phi) is 17.5. The Bertz CT molecular complexity index is 1070. The zero-order valence-electron chi connectivity index (χ0n) is 24.9. The van der Waals surface area contributed by atoms with Crippen LogP contribution in [0.1, 0.15) is 95.8 Å². The number of allylic oxidation sites excluding steroid dienone is 11. The molecule has 0 bridgehead atoms. The van der Waals surface area contributed by atoms with E-state index < -0.39 is 5.60 Å². The maximum Gasteiger partial charge on any atom is 0.310 e. The van der Waals surface area contributed by atoms with E-state index in [1.807, 2.05) is 26.0 Å². The van der Waals surface area contributed by atoms with Gasteiger partial charge in [-0.05, 0) is 83.4 Å². The highest BCUT2D eigenvalue weighted by atomic mass is 16.6. The number of aromatic hydroxyl groups is 1. The molecule has 0 aromatic heterocycles. The molecule has 0 amide bonds. The first-order chi connectivity index (χ1) is 19.2. The molecule has 0 radical (unpaired) electrons. The SMILES string of the molecule is CC/C=C\C/C=C\C/C=C\C/C=C\C/C=C\C/C=C\CC(=O)OC(C)(C)CCC(C)C(=O)c1cc(N)ccc1O. The Morgan fingerprint density at radius 2 is 1.32 bits per heavy atom. The third kappa shape index (κ3) is 16.4. The molecule has 1 aromatic carbocycles. The summed E-state index contributed by atoms with van der Waals surface area (Å²) in [5, 5.41) is 9.98. The van der Waals surface area contributed by atoms with E-state index in [1.165, 1.54) is 12.1 Å². The Morgan fingerprint density at radius 1 is 0.850 bits per heavy atom. The van der Waals surface area contributed by atoms with Gasteiger partial charge in [0.25, 0.3) is 0 Å². The monoisotopic (exact) mass is 547 g/mol. The second-order valence-electron chi connectivity index (χ2n) is 10.4. The van der Waals surface area contributed by atoms with Gasteiger partial charge in [0.2, 0.25) is 0 Å². The second-order valence-corrected chi connectivity index (χ2v) is 10.4. The molecule has 5 nitrogen and oxygen atoms in total. The molecule has 40 heavy (non-hydrogen) atoms. The molecule has 0 fully saturated rings. The topological polar surface area (TPSA) is 89.6 Å². The number of nitrogens with two attached hydrogens (primary N) is 1. The first-order valence-corrected chi connectivity index (χ1v) is 14.4. The Labute approximate surface area is 241 Å². The molecule has 1 rings (SSSR count). The van der Waals surface area contributed by atoms with Gasteiger partial charge in [-0.2, -0.15) is 0 Å². The van der Waals surface area contributed by atoms with Crippen molar-refractivity contribution in [1.82, 2.24) is 0 Å². The highest BCUT2D eigenvalue weighted by Gasteiger charge is 2.26. The number of carbonyl (C=O) groups is 2. The Morgan fingerprint density at radius 3 is 1.82 bits per heavy atom. The first kappa shape index (κ1) is 34.4. The van der Waals surface area contributed by atoms with Crippen LogP contribution >= 0.6 is 0 Å². The van der Waals surface area contributed by atoms with Crippen molar-refractivity contribution in [2.75, 3.05) is 5.73 Å². The quantitative estimate of drug-likeness (QED) is 0.0593. The number of nitrogen functional groups attached to an aromatic ring is 1. The third-order valence-electron chi connectivity index (χ3n) is 6.18. The van der Waals surface area contributed by atoms with Gasteiger partial charge in [0.05, 0.1) is 12.0 Å². The largest absolute Gasteiger partial charge is 0.507 e. The standard InChI is InChI=1S/C35H49NO4/c1-5-6-7-8-9-10-11-12-13-14-15-16-17-18-19-20-21-22-23-33(38)40-35(3,4)27-26-29(2)34(39)31-28-30(36)24-25-32(31)37/h6-7,9-10,12-13,15-16,18-19,21-22,24-25,28-29,37H,5,8,11,14,17,20,23,26-27,36H2,1-4H3/b7-6-,10-9-,13-12-,16-15-,19-18-,22-21-. The van der Waals surface area contributed by atoms with Gasteiger partial charge in [0, 0.05) is 11.6 Å². The van der Waals surface area contributed by atoms with E-state index in [2.05, 4.69) is 67.7 Å². The molecule has 1 aromatic rings. The zero-order chi connectivity index (χ0) is 29.6. The zero-order valence-corrected chi connectivity index (χ0v) is 24.9. The summed E-state index contributed by atoms with van der Waals surface area (Å²) in [4.78, 5) is 25.0. The number of hydrogen-bond donors (Lipinski definition) is 2. The minimum atomic E-state index is -0.693. The van der Waals surface area contributed by atoms with E-state index >= 15 is 0 Å². The lowest BCUT2D eigenvalue weighted by molar-refractivity contribution is -0.156. The number of ether oxygens (including phenoxy) is 1. The average Bonchev–Trinajstić information content (AvgIpc) is 2.91. The second kappa shape index (κ2) is 20.3. The number of ketones is 1. The van der Waals surface area contributed by atoms with Crippen LogP contribution in [0.15, 0.2) is 91.1 Å². The lowest BCUT2D eigenvalue weighted by Crippen LogP contribution is -2.29. The first-order valence-electron chi connectivity index (χ1n) is 14.4. The number of anilines is 1. The minimum absolute atomic E-state index is 0.0758. The minimum Gasteiger partial charge on any atom is -0.507 e. The number of benzene rings is 1. The van der Waals surface area contributed by atoms with Gasteiger partial charge in [0.1, 0.15) is 11.4 Å². The highest BCUT2D eigenvalue weighted by Crippen LogP contribution is 2.27. The summed E-state index contributed by atoms with van der Waals surface area (Å²) in [7, 11) is 0. The molecule has 218 valence electrons. The Hall–Kier alpha value is -3.60. The predicted octanol–water partition coefficient (Wildman–Crippen LogP) is 8.98. The van der Waals surface area contributed by atoms with E-state index in [4.69, 9.17) is 10.5 Å². The van der Waals surface area contributed by atoms with E-state index in [0.717, 1.165) is 38.5 Å². The van der Waals surface area contributed by atoms with Gasteiger partial charge in [0.15, 0.2) is 5.78 Å². The molecule has 1 unspecified atom stereocenters. The maximum atomic E-state index is 12.7. The fraction of sp³-hybridized carbons (Fsp3) is 0.429. The molecule has 3 N–H and O–H groups in total. The molecule has 0 saturated heterocycles. The van der Waals surface area contributed by atoms with Gasteiger partial charge >= 0.3 is 5.97 Å². The van der Waals surface area contributed by atoms with Crippen molar-refractivity contribution >= 4 is 17.4 Å². The van der Waals surface area contributed by atoms with Crippen molar-refractivity contribution in [2.24, 2.45) is 5.92 Å². The highest BCUT2D eigenvalue weighted by molar-refractivity contribution is 6.00. The van der Waals surface area contributed by atoms with Crippen LogP contribution in [0.5, 0.6) is 5.75 Å². The van der Waals surface area contributed by atoms with Crippen LogP contribution in [0.2, 0.25) is 0 Å². The third-order valence-corrected chi connectivity index (χ3v) is 6.18. The van der Waals surface area contributed by atoms with Gasteiger partial charge in [-0.1, -0.05) is 86.8 Å². The predicted molar refractivity (Wildman–Crippen MR) is 168 cm³/mol. The summed E-state index contributed by atoms with van der Waals surface area (Å²) in [5.74, 6) is -0.885. The van der Waals surface area contributed by atoms with Crippen molar-refractivity contribution in [3.63, 3.8) is 0 Å². The van der Waals surface area contributed by atoms with Crippen LogP contribution < -0.4 is 5.73 Å². The fourth-order valence-electron chi connectivity index (χ4n) is 3.81. The lowest BCUT2D eigenvalue weighted by atomic mass is 9.90. The van der Waals surface area contributed by atoms with E-state index in [0.29, 0.717) is 18.5 Å². The molecule has 0 aliphatic carbocycles. The molecule has 0 heterocycles. The summed E-state index contributed by atoms with van der Waals surface area (Å²) in [5.41, 5.74) is 5.71. The number of Topliss-reactive ketones (excluding diaryl/α,β-unsaturated/α-hetero) is 1. The van der Waals surface area contributed by atoms with Crippen LogP contribution in [-0.4, -0.2) is 22.5 Å². The van der Waals surface area contributed by atoms with Crippen molar-refractivity contribution in [2.45, 2.75) is 91.1 Å². The number of phenolic OH excluding ortho intramolecular Hbond substituents is 1. The number of carbonyl (C=O) groups excluding carboxylic acids is 2. The van der Waals surface area contributed by atoms with Crippen LogP contribution in [-0.2, 0) is 9.53 Å². The van der Waals surface area contributed by atoms with Crippen LogP contribution in [0.3, 0.4) is 0 Å². The fourth-order valence-corrected chi connectivity index (χ4v) is 3.81. The number of rotatable bonds is 19. The molecule has 0 saturated carbocycles. The van der Waals surface area contributed by atoms with Gasteiger partial charge in [-0.15, -0.1) is 0 Å². The van der Waals surface area contributed by atoms with Gasteiger partial charge < -0.3 is 15.6 Å². The maximum absolute atomic E-state index is 12.7. The van der Waals surface area contributed by atoms with E-state index in [1.54, 1.807) is 13.0 Å². The molecule has 1 atom stereocenters. The van der Waals surface area contributed by atoms with E-state index in [9.17, 15) is 14.7 Å². The molecule has 0 aliphatic rings. The summed E-state index contributed by atoms with van der Waals surface area (Å²) < 4.78 is 5.64. The summed E-state index contributed by atoms with van der Waals surface area (Å²) in [6.45, 7) is 7.64. The lowest BCUT2D eigenvalue weighted by Gasteiger charge is -2.26. The summed E-state index contributed by atoms with van der Waals surface area (Å²) >= 11 is 0. The van der Waals surface area contributed by atoms with Crippen LogP contribution in [0.25, 0.3) is 0 Å². The molecule has 5 heteroatoms. The molecular formula is C35H49NO4. The normalized spacial score (nSPS) is 13.6. The Balaban J connectivity index is 2.22. The number of phenols is 1. The van der Waals surface area contributed by atoms with Crippen molar-refractivity contribution in [3.8, 4) is 5.75 Å². The van der Waals surface area contributed by atoms with Crippen molar-refractivity contribution in [3.05, 3.63) is 96.7 Å². The smallest absolute Gasteiger partial charge is 0.310 e. The van der Waals surface area contributed by atoms with Gasteiger partial charge in [-0.3, -0.25) is 9.59 Å². The summed E-state index contributed by atoms with van der Waals surface area (Å²) in [6.07, 6.45) is 32.4. The van der Waals surface area contributed by atoms with Crippen molar-refractivity contribution < 1.29 is 19.4 Å². The van der Waals surface area contributed by atoms with Crippen LogP contribution in [0.4, 0.5) is 5.69 Å².